The summed E-state index contributed by atoms with van der Waals surface area (Å²) in [7, 11) is 0. The molecule has 0 bridgehead atoms. The van der Waals surface area contributed by atoms with Crippen molar-refractivity contribution >= 4 is 11.8 Å². The molecule has 7 heteroatoms. The molecule has 2 saturated heterocycles. The number of β-lactam (4-membered cyclic amide) rings is 1. The average molecular weight is 346 g/mol. The van der Waals surface area contributed by atoms with E-state index in [-0.39, 0.29) is 23.8 Å². The maximum absolute atomic E-state index is 13.2. The van der Waals surface area contributed by atoms with E-state index in [1.807, 2.05) is 20.8 Å². The van der Waals surface area contributed by atoms with Gasteiger partial charge in [0.15, 0.2) is 5.82 Å². The van der Waals surface area contributed by atoms with Crippen LogP contribution in [0.1, 0.15) is 52.4 Å². The van der Waals surface area contributed by atoms with Crippen LogP contribution in [0.25, 0.3) is 0 Å². The molecular weight excluding hydrogens is 320 g/mol. The van der Waals surface area contributed by atoms with Gasteiger partial charge in [-0.1, -0.05) is 13.8 Å². The number of rotatable bonds is 4. The molecule has 1 aromatic rings. The number of amides is 2. The summed E-state index contributed by atoms with van der Waals surface area (Å²) in [6.45, 7) is 7.91. The van der Waals surface area contributed by atoms with Gasteiger partial charge in [0, 0.05) is 24.9 Å². The fourth-order valence-corrected chi connectivity index (χ4v) is 4.26. The minimum Gasteiger partial charge on any atom is -0.391 e. The zero-order chi connectivity index (χ0) is 18.4. The van der Waals surface area contributed by atoms with Gasteiger partial charge in [-0.05, 0) is 32.8 Å². The summed E-state index contributed by atoms with van der Waals surface area (Å²) in [5.74, 6) is 0.188. The molecule has 2 aliphatic rings. The molecule has 3 rings (SSSR count). The Morgan fingerprint density at radius 2 is 1.96 bits per heavy atom. The zero-order valence-electron chi connectivity index (χ0n) is 15.2. The molecule has 4 atom stereocenters. The highest BCUT2D eigenvalue weighted by Gasteiger charge is 2.66. The quantitative estimate of drug-likeness (QED) is 0.827. The van der Waals surface area contributed by atoms with Crippen LogP contribution in [-0.4, -0.2) is 60.9 Å². The smallest absolute Gasteiger partial charge is 0.251 e. The summed E-state index contributed by atoms with van der Waals surface area (Å²) < 4.78 is 0. The lowest BCUT2D eigenvalue weighted by Crippen LogP contribution is -2.79. The zero-order valence-corrected chi connectivity index (χ0v) is 15.2. The van der Waals surface area contributed by atoms with E-state index >= 15 is 0 Å². The van der Waals surface area contributed by atoms with E-state index in [0.29, 0.717) is 18.8 Å². The van der Waals surface area contributed by atoms with Crippen LogP contribution in [0.4, 0.5) is 0 Å². The second-order valence-corrected chi connectivity index (χ2v) is 7.35. The van der Waals surface area contributed by atoms with Crippen molar-refractivity contribution in [2.45, 2.75) is 64.3 Å². The lowest BCUT2D eigenvalue weighted by atomic mass is 9.75. The summed E-state index contributed by atoms with van der Waals surface area (Å²) in [4.78, 5) is 37.7. The van der Waals surface area contributed by atoms with Crippen molar-refractivity contribution in [2.24, 2.45) is 5.92 Å². The highest BCUT2D eigenvalue weighted by molar-refractivity contribution is 5.99. The first-order valence-electron chi connectivity index (χ1n) is 8.91. The van der Waals surface area contributed by atoms with E-state index in [4.69, 9.17) is 0 Å². The van der Waals surface area contributed by atoms with Gasteiger partial charge in [-0.15, -0.1) is 0 Å². The molecule has 2 amide bonds. The maximum atomic E-state index is 13.2. The third-order valence-corrected chi connectivity index (χ3v) is 5.50. The maximum Gasteiger partial charge on any atom is 0.251 e. The topological polar surface area (TPSA) is 86.6 Å². The van der Waals surface area contributed by atoms with Gasteiger partial charge in [0.25, 0.3) is 5.91 Å². The normalized spacial score (nSPS) is 28.4. The monoisotopic (exact) mass is 346 g/mol. The number of nitrogens with zero attached hydrogens (tertiary/aromatic N) is 4. The first-order chi connectivity index (χ1) is 11.8. The van der Waals surface area contributed by atoms with Crippen LogP contribution in [-0.2, 0) is 9.59 Å². The minimum absolute atomic E-state index is 0.0157. The van der Waals surface area contributed by atoms with Gasteiger partial charge in [0.2, 0.25) is 5.91 Å². The molecular formula is C18H26N4O3. The molecule has 3 unspecified atom stereocenters. The number of carbonyl (C=O) groups excluding carboxylic acids is 2. The van der Waals surface area contributed by atoms with Crippen molar-refractivity contribution in [3.05, 3.63) is 24.3 Å². The Bertz CT molecular complexity index is 664. The number of hydrogen-bond acceptors (Lipinski definition) is 5. The van der Waals surface area contributed by atoms with Crippen molar-refractivity contribution in [3.8, 4) is 0 Å². The Kier molecular flexibility index (Phi) is 4.53. The average Bonchev–Trinajstić information content (AvgIpc) is 3.06. The van der Waals surface area contributed by atoms with Gasteiger partial charge >= 0.3 is 0 Å². The van der Waals surface area contributed by atoms with E-state index in [0.717, 1.165) is 6.42 Å². The van der Waals surface area contributed by atoms with Crippen LogP contribution >= 0.6 is 0 Å². The Balaban J connectivity index is 1.92. The predicted molar refractivity (Wildman–Crippen MR) is 91.3 cm³/mol. The van der Waals surface area contributed by atoms with Crippen LogP contribution in [0.2, 0.25) is 0 Å². The van der Waals surface area contributed by atoms with Crippen molar-refractivity contribution in [3.63, 3.8) is 0 Å². The number of hydrogen-bond donors (Lipinski definition) is 1. The molecule has 1 N–H and O–H groups in total. The lowest BCUT2D eigenvalue weighted by Gasteiger charge is -2.59. The van der Waals surface area contributed by atoms with Gasteiger partial charge < -0.3 is 14.9 Å². The summed E-state index contributed by atoms with van der Waals surface area (Å²) in [5.41, 5.74) is -0.775. The highest BCUT2D eigenvalue weighted by Crippen LogP contribution is 2.48. The highest BCUT2D eigenvalue weighted by atomic mass is 16.3. The first kappa shape index (κ1) is 17.8. The molecule has 1 spiro atoms. The summed E-state index contributed by atoms with van der Waals surface area (Å²) in [5, 5.41) is 10.3. The predicted octanol–water partition coefficient (Wildman–Crippen LogP) is 1.15. The van der Waals surface area contributed by atoms with Gasteiger partial charge in [-0.25, -0.2) is 9.97 Å². The molecule has 136 valence electrons. The van der Waals surface area contributed by atoms with E-state index in [9.17, 15) is 14.7 Å². The molecule has 25 heavy (non-hydrogen) atoms. The Morgan fingerprint density at radius 3 is 2.48 bits per heavy atom. The van der Waals surface area contributed by atoms with Crippen molar-refractivity contribution in [1.82, 2.24) is 19.8 Å². The van der Waals surface area contributed by atoms with Gasteiger partial charge in [0.1, 0.15) is 11.6 Å². The third kappa shape index (κ3) is 2.52. The SMILES string of the molecule is CC(C)C(=O)N1CCCC12C(=O)N(C(c1ncccn1)[C@@H](C)O)C2C. The lowest BCUT2D eigenvalue weighted by molar-refractivity contribution is -0.187. The summed E-state index contributed by atoms with van der Waals surface area (Å²) in [6, 6.07) is 0.908. The molecule has 2 aliphatic heterocycles. The molecule has 1 aromatic heterocycles. The van der Waals surface area contributed by atoms with Crippen LogP contribution in [0.5, 0.6) is 0 Å². The Hall–Kier alpha value is -2.02. The molecule has 2 fully saturated rings. The molecule has 0 aliphatic carbocycles. The third-order valence-electron chi connectivity index (χ3n) is 5.50. The second-order valence-electron chi connectivity index (χ2n) is 7.35. The first-order valence-corrected chi connectivity index (χ1v) is 8.91. The summed E-state index contributed by atoms with van der Waals surface area (Å²) in [6.07, 6.45) is 3.90. The Labute approximate surface area is 148 Å². The largest absolute Gasteiger partial charge is 0.391 e. The fourth-order valence-electron chi connectivity index (χ4n) is 4.26. The van der Waals surface area contributed by atoms with E-state index in [1.165, 1.54) is 0 Å². The van der Waals surface area contributed by atoms with E-state index in [1.54, 1.807) is 35.2 Å². The molecule has 0 aromatic carbocycles. The van der Waals surface area contributed by atoms with Gasteiger partial charge in [-0.2, -0.15) is 0 Å². The molecule has 0 radical (unpaired) electrons. The Morgan fingerprint density at radius 1 is 1.32 bits per heavy atom. The van der Waals surface area contributed by atoms with Crippen LogP contribution in [0.15, 0.2) is 18.5 Å². The number of aliphatic hydroxyl groups excluding tert-OH is 1. The van der Waals surface area contributed by atoms with Crippen molar-refractivity contribution < 1.29 is 14.7 Å². The number of carbonyl (C=O) groups is 2. The van der Waals surface area contributed by atoms with Gasteiger partial charge in [0.05, 0.1) is 12.1 Å². The number of likely N-dealkylation sites (tertiary alicyclic amines) is 2. The standard InChI is InChI=1S/C18H26N4O3/c1-11(2)16(24)21-10-5-7-18(21)13(4)22(17(18)25)14(12(3)23)15-19-8-6-9-20-15/h6,8-9,11-14,23H,5,7,10H2,1-4H3/t12-,13?,14?,18?/m1/s1. The summed E-state index contributed by atoms with van der Waals surface area (Å²) >= 11 is 0. The number of aromatic nitrogens is 2. The van der Waals surface area contributed by atoms with Crippen molar-refractivity contribution in [2.75, 3.05) is 6.54 Å². The van der Waals surface area contributed by atoms with Crippen LogP contribution in [0, 0.1) is 5.92 Å². The van der Waals surface area contributed by atoms with E-state index < -0.39 is 17.7 Å². The minimum atomic E-state index is -0.804. The van der Waals surface area contributed by atoms with E-state index in [2.05, 4.69) is 9.97 Å². The second kappa shape index (κ2) is 6.37. The molecule has 7 nitrogen and oxygen atoms in total. The number of aliphatic hydroxyl groups is 1. The van der Waals surface area contributed by atoms with Crippen LogP contribution in [0.3, 0.4) is 0 Å². The van der Waals surface area contributed by atoms with Gasteiger partial charge in [-0.3, -0.25) is 9.59 Å². The van der Waals surface area contributed by atoms with Crippen molar-refractivity contribution in [1.29, 1.82) is 0 Å². The molecule has 3 heterocycles. The van der Waals surface area contributed by atoms with Crippen LogP contribution < -0.4 is 0 Å². The molecule has 0 saturated carbocycles. The fraction of sp³-hybridized carbons (Fsp3) is 0.667.